The number of halogens is 2. The Balaban J connectivity index is 1.67. The second-order valence-corrected chi connectivity index (χ2v) is 6.74. The molecule has 0 bridgehead atoms. The smallest absolute Gasteiger partial charge is 0.253 e. The van der Waals surface area contributed by atoms with Gasteiger partial charge >= 0.3 is 0 Å². The van der Waals surface area contributed by atoms with Crippen LogP contribution in [0.15, 0.2) is 27.1 Å². The van der Waals surface area contributed by atoms with Crippen LogP contribution in [0.3, 0.4) is 0 Å². The molecule has 22 heavy (non-hydrogen) atoms. The summed E-state index contributed by atoms with van der Waals surface area (Å²) in [6.45, 7) is 3.14. The Bertz CT molecular complexity index is 676. The molecule has 1 aromatic heterocycles. The predicted octanol–water partition coefficient (Wildman–Crippen LogP) is 3.81. The molecule has 0 saturated carbocycles. The Hall–Kier alpha value is -1.40. The van der Waals surface area contributed by atoms with Crippen molar-refractivity contribution in [3.8, 4) is 0 Å². The number of nitrogens with zero attached hydrogens (tertiary/aromatic N) is 3. The number of carbonyl (C=O) groups excluding carboxylic acids is 1. The number of likely N-dealkylation sites (tertiary alicyclic amines) is 1. The molecule has 0 atom stereocenters. The highest BCUT2D eigenvalue weighted by atomic mass is 79.9. The van der Waals surface area contributed by atoms with Gasteiger partial charge in [0.15, 0.2) is 0 Å². The van der Waals surface area contributed by atoms with E-state index in [0.717, 1.165) is 17.3 Å². The molecule has 1 aromatic carbocycles. The summed E-state index contributed by atoms with van der Waals surface area (Å²) in [5.41, 5.74) is 0.603. The molecule has 0 aliphatic carbocycles. The van der Waals surface area contributed by atoms with Crippen LogP contribution < -0.4 is 0 Å². The first-order chi connectivity index (χ1) is 10.5. The molecule has 5 nitrogen and oxygen atoms in total. The minimum Gasteiger partial charge on any atom is -0.425 e. The zero-order chi connectivity index (χ0) is 15.7. The Morgan fingerprint density at radius 2 is 2.05 bits per heavy atom. The number of aromatic nitrogens is 2. The second kappa shape index (κ2) is 6.38. The summed E-state index contributed by atoms with van der Waals surface area (Å²) in [5.74, 6) is 1.49. The van der Waals surface area contributed by atoms with Gasteiger partial charge in [-0.25, -0.2) is 0 Å². The highest BCUT2D eigenvalue weighted by Gasteiger charge is 2.27. The molecule has 1 amide bonds. The van der Waals surface area contributed by atoms with Gasteiger partial charge in [-0.05, 0) is 31.0 Å². The van der Waals surface area contributed by atoms with E-state index < -0.39 is 0 Å². The SMILES string of the molecule is Cc1nnc(C2CCN(C(=O)c3cc(Cl)cc(Br)c3)CC2)o1. The lowest BCUT2D eigenvalue weighted by atomic mass is 9.96. The Morgan fingerprint density at radius 1 is 1.32 bits per heavy atom. The molecule has 1 fully saturated rings. The average molecular weight is 385 g/mol. The zero-order valence-corrected chi connectivity index (χ0v) is 14.4. The summed E-state index contributed by atoms with van der Waals surface area (Å²) in [6, 6.07) is 5.26. The predicted molar refractivity (Wildman–Crippen MR) is 86.1 cm³/mol. The molecule has 116 valence electrons. The fraction of sp³-hybridized carbons (Fsp3) is 0.400. The second-order valence-electron chi connectivity index (χ2n) is 5.38. The molecular formula is C15H15BrClN3O2. The van der Waals surface area contributed by atoms with Crippen molar-refractivity contribution in [2.45, 2.75) is 25.7 Å². The molecule has 2 aromatic rings. The summed E-state index contributed by atoms with van der Waals surface area (Å²) in [4.78, 5) is 14.4. The van der Waals surface area contributed by atoms with Gasteiger partial charge in [-0.2, -0.15) is 0 Å². The molecule has 0 unspecified atom stereocenters. The molecule has 1 aliphatic rings. The molecule has 0 spiro atoms. The molecule has 2 heterocycles. The first-order valence-corrected chi connectivity index (χ1v) is 8.25. The lowest BCUT2D eigenvalue weighted by Gasteiger charge is -2.30. The van der Waals surface area contributed by atoms with Crippen molar-refractivity contribution in [1.82, 2.24) is 15.1 Å². The topological polar surface area (TPSA) is 59.2 Å². The first-order valence-electron chi connectivity index (χ1n) is 7.08. The average Bonchev–Trinajstić information content (AvgIpc) is 2.92. The molecule has 1 saturated heterocycles. The monoisotopic (exact) mass is 383 g/mol. The lowest BCUT2D eigenvalue weighted by Crippen LogP contribution is -2.38. The molecule has 0 radical (unpaired) electrons. The zero-order valence-electron chi connectivity index (χ0n) is 12.1. The Morgan fingerprint density at radius 3 is 2.64 bits per heavy atom. The van der Waals surface area contributed by atoms with Gasteiger partial charge in [0.2, 0.25) is 11.8 Å². The van der Waals surface area contributed by atoms with Crippen molar-refractivity contribution in [2.75, 3.05) is 13.1 Å². The van der Waals surface area contributed by atoms with Gasteiger partial charge in [0.1, 0.15) is 0 Å². The van der Waals surface area contributed by atoms with Gasteiger partial charge < -0.3 is 9.32 Å². The van der Waals surface area contributed by atoms with E-state index in [-0.39, 0.29) is 11.8 Å². The Labute approximate surface area is 141 Å². The molecule has 1 aliphatic heterocycles. The van der Waals surface area contributed by atoms with Gasteiger partial charge in [0.25, 0.3) is 5.91 Å². The van der Waals surface area contributed by atoms with Gasteiger partial charge in [0, 0.05) is 41.0 Å². The fourth-order valence-corrected chi connectivity index (χ4v) is 3.53. The fourth-order valence-electron chi connectivity index (χ4n) is 2.67. The van der Waals surface area contributed by atoms with Crippen LogP contribution in [0.2, 0.25) is 5.02 Å². The quantitative estimate of drug-likeness (QED) is 0.790. The maximum absolute atomic E-state index is 12.5. The molecule has 7 heteroatoms. The summed E-state index contributed by atoms with van der Waals surface area (Å²) >= 11 is 9.38. The van der Waals surface area contributed by atoms with Gasteiger partial charge in [-0.1, -0.05) is 27.5 Å². The normalized spacial score (nSPS) is 16.0. The van der Waals surface area contributed by atoms with E-state index in [1.165, 1.54) is 0 Å². The van der Waals surface area contributed by atoms with E-state index in [1.54, 1.807) is 25.1 Å². The number of carbonyl (C=O) groups is 1. The number of rotatable bonds is 2. The van der Waals surface area contributed by atoms with Crippen molar-refractivity contribution in [2.24, 2.45) is 0 Å². The van der Waals surface area contributed by atoms with E-state index in [2.05, 4.69) is 26.1 Å². The number of hydrogen-bond acceptors (Lipinski definition) is 4. The van der Waals surface area contributed by atoms with Crippen molar-refractivity contribution < 1.29 is 9.21 Å². The van der Waals surface area contributed by atoms with E-state index in [4.69, 9.17) is 16.0 Å². The van der Waals surface area contributed by atoms with E-state index >= 15 is 0 Å². The number of amides is 1. The van der Waals surface area contributed by atoms with Gasteiger partial charge in [-0.3, -0.25) is 4.79 Å². The van der Waals surface area contributed by atoms with Crippen LogP contribution in [0.1, 0.15) is 40.9 Å². The third-order valence-corrected chi connectivity index (χ3v) is 4.46. The highest BCUT2D eigenvalue weighted by Crippen LogP contribution is 2.28. The standard InChI is InChI=1S/C15H15BrClN3O2/c1-9-18-19-14(22-9)10-2-4-20(5-3-10)15(21)11-6-12(16)8-13(17)7-11/h6-8,10H,2-5H2,1H3. The van der Waals surface area contributed by atoms with Crippen molar-refractivity contribution in [3.05, 3.63) is 45.0 Å². The van der Waals surface area contributed by atoms with E-state index in [1.807, 2.05) is 4.90 Å². The Kier molecular flexibility index (Phi) is 4.49. The largest absolute Gasteiger partial charge is 0.425 e. The highest BCUT2D eigenvalue weighted by molar-refractivity contribution is 9.10. The van der Waals surface area contributed by atoms with Gasteiger partial charge in [0.05, 0.1) is 0 Å². The van der Waals surface area contributed by atoms with E-state index in [0.29, 0.717) is 35.5 Å². The van der Waals surface area contributed by atoms with Crippen LogP contribution in [0.5, 0.6) is 0 Å². The van der Waals surface area contributed by atoms with Crippen LogP contribution in [-0.2, 0) is 0 Å². The minimum absolute atomic E-state index is 0.00311. The maximum Gasteiger partial charge on any atom is 0.253 e. The first kappa shape index (κ1) is 15.5. The number of piperidine rings is 1. The maximum atomic E-state index is 12.5. The molecule has 3 rings (SSSR count). The molecular weight excluding hydrogens is 370 g/mol. The van der Waals surface area contributed by atoms with Crippen LogP contribution in [0, 0.1) is 6.92 Å². The van der Waals surface area contributed by atoms with Crippen molar-refractivity contribution in [1.29, 1.82) is 0 Å². The third-order valence-electron chi connectivity index (χ3n) is 3.78. The van der Waals surface area contributed by atoms with Crippen LogP contribution in [-0.4, -0.2) is 34.1 Å². The summed E-state index contributed by atoms with van der Waals surface area (Å²) in [5, 5.41) is 8.49. The van der Waals surface area contributed by atoms with Crippen LogP contribution >= 0.6 is 27.5 Å². The summed E-state index contributed by atoms with van der Waals surface area (Å²) in [7, 11) is 0. The molecule has 0 N–H and O–H groups in total. The van der Waals surface area contributed by atoms with Crippen molar-refractivity contribution >= 4 is 33.4 Å². The number of hydrogen-bond donors (Lipinski definition) is 0. The number of aryl methyl sites for hydroxylation is 1. The van der Waals surface area contributed by atoms with Gasteiger partial charge in [-0.15, -0.1) is 10.2 Å². The van der Waals surface area contributed by atoms with Crippen molar-refractivity contribution in [3.63, 3.8) is 0 Å². The number of benzene rings is 1. The lowest BCUT2D eigenvalue weighted by molar-refractivity contribution is 0.0706. The van der Waals surface area contributed by atoms with Crippen LogP contribution in [0.25, 0.3) is 0 Å². The summed E-state index contributed by atoms with van der Waals surface area (Å²) in [6.07, 6.45) is 1.66. The third kappa shape index (κ3) is 3.33. The van der Waals surface area contributed by atoms with E-state index in [9.17, 15) is 4.79 Å². The summed E-state index contributed by atoms with van der Waals surface area (Å²) < 4.78 is 6.29. The minimum atomic E-state index is 0.00311. The van der Waals surface area contributed by atoms with Crippen LogP contribution in [0.4, 0.5) is 0 Å².